The van der Waals surface area contributed by atoms with Crippen LogP contribution in [-0.2, 0) is 4.84 Å². The van der Waals surface area contributed by atoms with Crippen LogP contribution in [0.5, 0.6) is 0 Å². The van der Waals surface area contributed by atoms with Gasteiger partial charge in [-0.3, -0.25) is 4.99 Å². The van der Waals surface area contributed by atoms with Gasteiger partial charge < -0.3 is 0 Å². The molecule has 0 amide bonds. The Hall–Kier alpha value is -1.19. The molecule has 1 atom stereocenters. The number of benzene rings is 1. The molecule has 3 nitrogen and oxygen atoms in total. The van der Waals surface area contributed by atoms with Crippen molar-refractivity contribution in [2.75, 3.05) is 14.1 Å². The van der Waals surface area contributed by atoms with Crippen molar-refractivity contribution in [2.24, 2.45) is 4.99 Å². The summed E-state index contributed by atoms with van der Waals surface area (Å²) in [5, 5.41) is 0. The molecule has 1 heterocycles. The number of hydrogen-bond acceptors (Lipinski definition) is 2. The summed E-state index contributed by atoms with van der Waals surface area (Å²) < 4.78 is 0.417. The summed E-state index contributed by atoms with van der Waals surface area (Å²) in [6.07, 6.45) is -0.216. The SMILES string of the molecule is C=NC1O[N+](C)(C)c2ccccc21. The highest BCUT2D eigenvalue weighted by molar-refractivity contribution is 5.52. The second-order valence-electron chi connectivity index (χ2n) is 3.55. The minimum absolute atomic E-state index is 0.216. The Morgan fingerprint density at radius 3 is 2.77 bits per heavy atom. The first kappa shape index (κ1) is 8.41. The molecule has 3 heteroatoms. The highest BCUT2D eigenvalue weighted by Gasteiger charge is 2.39. The quantitative estimate of drug-likeness (QED) is 0.474. The zero-order valence-electron chi connectivity index (χ0n) is 7.90. The number of para-hydroxylation sites is 1. The average Bonchev–Trinajstić information content (AvgIpc) is 2.39. The lowest BCUT2D eigenvalue weighted by atomic mass is 10.1. The van der Waals surface area contributed by atoms with Crippen LogP contribution in [0.25, 0.3) is 0 Å². The van der Waals surface area contributed by atoms with E-state index in [1.807, 2.05) is 32.3 Å². The second-order valence-corrected chi connectivity index (χ2v) is 3.55. The first-order valence-electron chi connectivity index (χ1n) is 4.23. The van der Waals surface area contributed by atoms with Gasteiger partial charge in [0, 0.05) is 6.07 Å². The molecule has 0 aromatic heterocycles. The highest BCUT2D eigenvalue weighted by atomic mass is 16.7. The fraction of sp³-hybridized carbons (Fsp3) is 0.300. The van der Waals surface area contributed by atoms with E-state index in [-0.39, 0.29) is 6.23 Å². The van der Waals surface area contributed by atoms with Crippen molar-refractivity contribution >= 4 is 12.4 Å². The van der Waals surface area contributed by atoms with Gasteiger partial charge in [-0.15, -0.1) is 4.65 Å². The van der Waals surface area contributed by atoms with Gasteiger partial charge in [-0.05, 0) is 12.8 Å². The van der Waals surface area contributed by atoms with Gasteiger partial charge >= 0.3 is 0 Å². The first-order valence-corrected chi connectivity index (χ1v) is 4.23. The Kier molecular flexibility index (Phi) is 1.71. The smallest absolute Gasteiger partial charge is 0.237 e. The van der Waals surface area contributed by atoms with Crippen LogP contribution in [0.3, 0.4) is 0 Å². The molecule has 0 fully saturated rings. The molecular formula is C10H13N2O+. The zero-order chi connectivity index (χ0) is 9.47. The predicted molar refractivity (Wildman–Crippen MR) is 53.5 cm³/mol. The first-order chi connectivity index (χ1) is 6.15. The Balaban J connectivity index is 2.56. The van der Waals surface area contributed by atoms with E-state index in [2.05, 4.69) is 17.8 Å². The summed E-state index contributed by atoms with van der Waals surface area (Å²) in [7, 11) is 3.98. The van der Waals surface area contributed by atoms with Gasteiger partial charge in [0.05, 0.1) is 5.56 Å². The fourth-order valence-corrected chi connectivity index (χ4v) is 1.68. The van der Waals surface area contributed by atoms with Gasteiger partial charge in [0.15, 0.2) is 5.69 Å². The van der Waals surface area contributed by atoms with Gasteiger partial charge in [-0.25, -0.2) is 0 Å². The number of hydroxylamine groups is 2. The fourth-order valence-electron chi connectivity index (χ4n) is 1.68. The standard InChI is InChI=1S/C10H13N2O/c1-11-10-8-6-4-5-7-9(8)12(2,3)13-10/h4-7,10H,1H2,2-3H3/q+1. The number of aliphatic imine (C=N–C) groups is 1. The van der Waals surface area contributed by atoms with Gasteiger partial charge in [0.25, 0.3) is 0 Å². The minimum Gasteiger partial charge on any atom is -0.259 e. The molecule has 1 aliphatic rings. The van der Waals surface area contributed by atoms with E-state index in [1.54, 1.807) is 0 Å². The second kappa shape index (κ2) is 2.65. The molecule has 1 aliphatic heterocycles. The molecular weight excluding hydrogens is 164 g/mol. The van der Waals surface area contributed by atoms with Crippen molar-refractivity contribution in [3.8, 4) is 0 Å². The summed E-state index contributed by atoms with van der Waals surface area (Å²) >= 11 is 0. The number of hydrogen-bond donors (Lipinski definition) is 0. The van der Waals surface area contributed by atoms with Crippen molar-refractivity contribution < 1.29 is 4.84 Å². The van der Waals surface area contributed by atoms with E-state index in [4.69, 9.17) is 4.84 Å². The van der Waals surface area contributed by atoms with E-state index in [1.165, 1.54) is 0 Å². The van der Waals surface area contributed by atoms with Crippen LogP contribution >= 0.6 is 0 Å². The maximum Gasteiger partial charge on any atom is 0.237 e. The maximum absolute atomic E-state index is 5.68. The lowest BCUT2D eigenvalue weighted by Crippen LogP contribution is -2.36. The number of fused-ring (bicyclic) bond motifs is 1. The van der Waals surface area contributed by atoms with Crippen molar-refractivity contribution in [3.05, 3.63) is 29.8 Å². The molecule has 13 heavy (non-hydrogen) atoms. The minimum atomic E-state index is -0.216. The lowest BCUT2D eigenvalue weighted by Gasteiger charge is -2.19. The van der Waals surface area contributed by atoms with E-state index in [0.29, 0.717) is 4.65 Å². The van der Waals surface area contributed by atoms with E-state index < -0.39 is 0 Å². The third-order valence-corrected chi connectivity index (χ3v) is 2.31. The van der Waals surface area contributed by atoms with Crippen LogP contribution in [0.1, 0.15) is 11.8 Å². The molecule has 1 aromatic carbocycles. The molecule has 1 aromatic rings. The monoisotopic (exact) mass is 177 g/mol. The van der Waals surface area contributed by atoms with E-state index in [9.17, 15) is 0 Å². The summed E-state index contributed by atoms with van der Waals surface area (Å²) in [5.41, 5.74) is 2.27. The van der Waals surface area contributed by atoms with Crippen LogP contribution in [-0.4, -0.2) is 20.8 Å². The maximum atomic E-state index is 5.68. The van der Waals surface area contributed by atoms with Crippen LogP contribution < -0.4 is 4.65 Å². The predicted octanol–water partition coefficient (Wildman–Crippen LogP) is 1.90. The van der Waals surface area contributed by atoms with Crippen molar-refractivity contribution in [1.82, 2.24) is 4.65 Å². The molecule has 0 N–H and O–H groups in total. The van der Waals surface area contributed by atoms with Crippen LogP contribution in [0.15, 0.2) is 29.3 Å². The number of quaternary nitrogens is 1. The van der Waals surface area contributed by atoms with Gasteiger partial charge in [-0.1, -0.05) is 12.1 Å². The molecule has 2 rings (SSSR count). The average molecular weight is 177 g/mol. The third-order valence-electron chi connectivity index (χ3n) is 2.31. The largest absolute Gasteiger partial charge is 0.259 e. The normalized spacial score (nSPS) is 24.0. The summed E-state index contributed by atoms with van der Waals surface area (Å²) in [5.74, 6) is 0. The van der Waals surface area contributed by atoms with Crippen LogP contribution in [0, 0.1) is 0 Å². The summed E-state index contributed by atoms with van der Waals surface area (Å²) in [4.78, 5) is 9.61. The number of rotatable bonds is 1. The molecule has 0 saturated carbocycles. The third kappa shape index (κ3) is 1.17. The molecule has 0 radical (unpaired) electrons. The van der Waals surface area contributed by atoms with Crippen LogP contribution in [0.4, 0.5) is 5.69 Å². The Bertz CT molecular complexity index is 347. The molecule has 0 aliphatic carbocycles. The number of nitrogens with zero attached hydrogens (tertiary/aromatic N) is 2. The van der Waals surface area contributed by atoms with Crippen LogP contribution in [0.2, 0.25) is 0 Å². The molecule has 0 bridgehead atoms. The Morgan fingerprint density at radius 2 is 2.08 bits per heavy atom. The molecule has 0 saturated heterocycles. The summed E-state index contributed by atoms with van der Waals surface area (Å²) in [6.45, 7) is 3.52. The Labute approximate surface area is 77.8 Å². The molecule has 1 unspecified atom stereocenters. The van der Waals surface area contributed by atoms with Gasteiger partial charge in [0.2, 0.25) is 6.23 Å². The van der Waals surface area contributed by atoms with Gasteiger partial charge in [-0.2, -0.15) is 4.84 Å². The Morgan fingerprint density at radius 1 is 1.38 bits per heavy atom. The van der Waals surface area contributed by atoms with Crippen molar-refractivity contribution in [2.45, 2.75) is 6.23 Å². The van der Waals surface area contributed by atoms with Crippen molar-refractivity contribution in [3.63, 3.8) is 0 Å². The van der Waals surface area contributed by atoms with Crippen molar-refractivity contribution in [1.29, 1.82) is 0 Å². The van der Waals surface area contributed by atoms with Gasteiger partial charge in [0.1, 0.15) is 14.1 Å². The topological polar surface area (TPSA) is 21.6 Å². The lowest BCUT2D eigenvalue weighted by molar-refractivity contribution is -0.131. The van der Waals surface area contributed by atoms with E-state index >= 15 is 0 Å². The highest BCUT2D eigenvalue weighted by Crippen LogP contribution is 2.40. The summed E-state index contributed by atoms with van der Waals surface area (Å²) in [6, 6.07) is 8.08. The molecule has 68 valence electrons. The molecule has 0 spiro atoms. The van der Waals surface area contributed by atoms with E-state index in [0.717, 1.165) is 11.3 Å². The zero-order valence-corrected chi connectivity index (χ0v) is 7.90.